The third kappa shape index (κ3) is 5.80. The Morgan fingerprint density at radius 2 is 1.55 bits per heavy atom. The third-order valence-corrected chi connectivity index (χ3v) is 3.27. The lowest BCUT2D eigenvalue weighted by molar-refractivity contribution is -0.133. The van der Waals surface area contributed by atoms with Crippen LogP contribution in [0.3, 0.4) is 0 Å². The van der Waals surface area contributed by atoms with E-state index in [-0.39, 0.29) is 17.4 Å². The molecule has 1 N–H and O–H groups in total. The molecule has 1 saturated heterocycles. The summed E-state index contributed by atoms with van der Waals surface area (Å²) in [5, 5.41) is 2.95. The lowest BCUT2D eigenvalue weighted by Crippen LogP contribution is -2.54. The van der Waals surface area contributed by atoms with Gasteiger partial charge in [-0.15, -0.1) is 0 Å². The SMILES string of the molecule is CC(C)CC(=O)N1CCN(C(=O)NCC(C)(C)C)CC1. The van der Waals surface area contributed by atoms with Gasteiger partial charge in [0, 0.05) is 39.1 Å². The molecule has 1 fully saturated rings. The van der Waals surface area contributed by atoms with Gasteiger partial charge in [-0.1, -0.05) is 34.6 Å². The number of hydrogen-bond donors (Lipinski definition) is 1. The molecule has 116 valence electrons. The number of urea groups is 1. The first kappa shape index (κ1) is 16.8. The lowest BCUT2D eigenvalue weighted by Gasteiger charge is -2.35. The maximum Gasteiger partial charge on any atom is 0.317 e. The molecular formula is C15H29N3O2. The van der Waals surface area contributed by atoms with E-state index < -0.39 is 0 Å². The molecule has 0 aliphatic carbocycles. The topological polar surface area (TPSA) is 52.7 Å². The predicted octanol–water partition coefficient (Wildman–Crippen LogP) is 1.93. The van der Waals surface area contributed by atoms with Crippen molar-refractivity contribution in [1.82, 2.24) is 15.1 Å². The maximum atomic E-state index is 12.0. The normalized spacial score (nSPS) is 16.5. The summed E-state index contributed by atoms with van der Waals surface area (Å²) in [6, 6.07) is -0.0177. The fourth-order valence-corrected chi connectivity index (χ4v) is 2.09. The fraction of sp³-hybridized carbons (Fsp3) is 0.867. The molecule has 1 rings (SSSR count). The van der Waals surface area contributed by atoms with Crippen LogP contribution in [-0.4, -0.2) is 54.5 Å². The fourth-order valence-electron chi connectivity index (χ4n) is 2.09. The van der Waals surface area contributed by atoms with E-state index in [9.17, 15) is 9.59 Å². The first-order valence-electron chi connectivity index (χ1n) is 7.49. The summed E-state index contributed by atoms with van der Waals surface area (Å²) >= 11 is 0. The molecule has 0 saturated carbocycles. The molecule has 1 heterocycles. The Kier molecular flexibility index (Phi) is 5.84. The van der Waals surface area contributed by atoms with Crippen LogP contribution in [0, 0.1) is 11.3 Å². The van der Waals surface area contributed by atoms with Crippen LogP contribution in [0.2, 0.25) is 0 Å². The number of hydrogen-bond acceptors (Lipinski definition) is 2. The standard InChI is InChI=1S/C15H29N3O2/c1-12(2)10-13(19)17-6-8-18(9-7-17)14(20)16-11-15(3,4)5/h12H,6-11H2,1-5H3,(H,16,20). The van der Waals surface area contributed by atoms with Crippen molar-refractivity contribution < 1.29 is 9.59 Å². The maximum absolute atomic E-state index is 12.0. The van der Waals surface area contributed by atoms with E-state index in [0.717, 1.165) is 0 Å². The largest absolute Gasteiger partial charge is 0.339 e. The molecule has 0 atom stereocenters. The smallest absolute Gasteiger partial charge is 0.317 e. The van der Waals surface area contributed by atoms with Gasteiger partial charge in [-0.25, -0.2) is 4.79 Å². The highest BCUT2D eigenvalue weighted by Gasteiger charge is 2.24. The van der Waals surface area contributed by atoms with E-state index in [0.29, 0.717) is 45.1 Å². The molecule has 0 aromatic heterocycles. The second-order valence-corrected chi connectivity index (χ2v) is 7.19. The molecular weight excluding hydrogens is 254 g/mol. The summed E-state index contributed by atoms with van der Waals surface area (Å²) in [7, 11) is 0. The van der Waals surface area contributed by atoms with Crippen molar-refractivity contribution in [2.24, 2.45) is 11.3 Å². The highest BCUT2D eigenvalue weighted by Crippen LogP contribution is 2.11. The average molecular weight is 283 g/mol. The van der Waals surface area contributed by atoms with E-state index >= 15 is 0 Å². The van der Waals surface area contributed by atoms with E-state index in [4.69, 9.17) is 0 Å². The zero-order valence-corrected chi connectivity index (χ0v) is 13.5. The van der Waals surface area contributed by atoms with Crippen molar-refractivity contribution in [2.45, 2.75) is 41.0 Å². The van der Waals surface area contributed by atoms with Gasteiger partial charge in [0.05, 0.1) is 0 Å². The number of nitrogens with zero attached hydrogens (tertiary/aromatic N) is 2. The lowest BCUT2D eigenvalue weighted by atomic mass is 9.97. The molecule has 0 unspecified atom stereocenters. The third-order valence-electron chi connectivity index (χ3n) is 3.27. The van der Waals surface area contributed by atoms with Gasteiger partial charge in [0.25, 0.3) is 0 Å². The summed E-state index contributed by atoms with van der Waals surface area (Å²) in [4.78, 5) is 27.6. The number of carbonyl (C=O) groups excluding carboxylic acids is 2. The van der Waals surface area contributed by atoms with E-state index in [2.05, 4.69) is 26.1 Å². The summed E-state index contributed by atoms with van der Waals surface area (Å²) in [6.07, 6.45) is 0.593. The van der Waals surface area contributed by atoms with Crippen molar-refractivity contribution in [2.75, 3.05) is 32.7 Å². The van der Waals surface area contributed by atoms with E-state index in [1.807, 2.05) is 18.7 Å². The van der Waals surface area contributed by atoms with Crippen LogP contribution >= 0.6 is 0 Å². The minimum atomic E-state index is -0.0177. The van der Waals surface area contributed by atoms with Crippen LogP contribution in [0.5, 0.6) is 0 Å². The first-order valence-corrected chi connectivity index (χ1v) is 7.49. The van der Waals surface area contributed by atoms with Crippen LogP contribution in [-0.2, 0) is 4.79 Å². The Bertz CT molecular complexity index is 340. The minimum absolute atomic E-state index is 0.0177. The Morgan fingerprint density at radius 1 is 1.05 bits per heavy atom. The Hall–Kier alpha value is -1.26. The summed E-state index contributed by atoms with van der Waals surface area (Å²) < 4.78 is 0. The van der Waals surface area contributed by atoms with Gasteiger partial charge in [0.15, 0.2) is 0 Å². The predicted molar refractivity (Wildman–Crippen MR) is 80.5 cm³/mol. The van der Waals surface area contributed by atoms with Gasteiger partial charge < -0.3 is 15.1 Å². The van der Waals surface area contributed by atoms with Gasteiger partial charge >= 0.3 is 6.03 Å². The molecule has 3 amide bonds. The molecule has 1 aliphatic rings. The molecule has 0 spiro atoms. The van der Waals surface area contributed by atoms with E-state index in [1.165, 1.54) is 0 Å². The van der Waals surface area contributed by atoms with Crippen molar-refractivity contribution in [3.05, 3.63) is 0 Å². The molecule has 5 heteroatoms. The van der Waals surface area contributed by atoms with Crippen molar-refractivity contribution in [3.63, 3.8) is 0 Å². The zero-order chi connectivity index (χ0) is 15.3. The zero-order valence-electron chi connectivity index (χ0n) is 13.5. The monoisotopic (exact) mass is 283 g/mol. The van der Waals surface area contributed by atoms with Crippen LogP contribution in [0.25, 0.3) is 0 Å². The number of piperazine rings is 1. The molecule has 5 nitrogen and oxygen atoms in total. The molecule has 1 aliphatic heterocycles. The number of amides is 3. The van der Waals surface area contributed by atoms with Crippen molar-refractivity contribution in [1.29, 1.82) is 0 Å². The Labute approximate surface area is 122 Å². The van der Waals surface area contributed by atoms with E-state index in [1.54, 1.807) is 4.90 Å². The highest BCUT2D eigenvalue weighted by molar-refractivity contribution is 5.77. The average Bonchev–Trinajstić information content (AvgIpc) is 2.34. The Morgan fingerprint density at radius 3 is 2.00 bits per heavy atom. The second kappa shape index (κ2) is 6.95. The highest BCUT2D eigenvalue weighted by atomic mass is 16.2. The minimum Gasteiger partial charge on any atom is -0.339 e. The summed E-state index contributed by atoms with van der Waals surface area (Å²) in [6.45, 7) is 13.6. The molecule has 0 aromatic rings. The van der Waals surface area contributed by atoms with Gasteiger partial charge in [-0.05, 0) is 11.3 Å². The Balaban J connectivity index is 2.34. The van der Waals surface area contributed by atoms with Gasteiger partial charge in [0.2, 0.25) is 5.91 Å². The second-order valence-electron chi connectivity index (χ2n) is 7.19. The van der Waals surface area contributed by atoms with Gasteiger partial charge in [0.1, 0.15) is 0 Å². The number of nitrogens with one attached hydrogen (secondary N) is 1. The first-order chi connectivity index (χ1) is 9.19. The van der Waals surface area contributed by atoms with Crippen molar-refractivity contribution in [3.8, 4) is 0 Å². The molecule has 0 bridgehead atoms. The molecule has 20 heavy (non-hydrogen) atoms. The van der Waals surface area contributed by atoms with Gasteiger partial charge in [-0.3, -0.25) is 4.79 Å². The van der Waals surface area contributed by atoms with Crippen LogP contribution in [0.15, 0.2) is 0 Å². The quantitative estimate of drug-likeness (QED) is 0.860. The number of carbonyl (C=O) groups is 2. The van der Waals surface area contributed by atoms with Crippen LogP contribution in [0.1, 0.15) is 41.0 Å². The summed E-state index contributed by atoms with van der Waals surface area (Å²) in [5.41, 5.74) is 0.0880. The van der Waals surface area contributed by atoms with Gasteiger partial charge in [-0.2, -0.15) is 0 Å². The van der Waals surface area contributed by atoms with Crippen LogP contribution in [0.4, 0.5) is 4.79 Å². The number of rotatable bonds is 3. The summed E-state index contributed by atoms with van der Waals surface area (Å²) in [5.74, 6) is 0.588. The molecule has 0 radical (unpaired) electrons. The molecule has 0 aromatic carbocycles. The van der Waals surface area contributed by atoms with Crippen LogP contribution < -0.4 is 5.32 Å². The van der Waals surface area contributed by atoms with Crippen molar-refractivity contribution >= 4 is 11.9 Å².